The molecule has 0 aliphatic rings. The summed E-state index contributed by atoms with van der Waals surface area (Å²) in [6, 6.07) is 15.0. The van der Waals surface area contributed by atoms with E-state index >= 15 is 0 Å². The van der Waals surface area contributed by atoms with Crippen LogP contribution in [0.2, 0.25) is 0 Å². The topological polar surface area (TPSA) is 145 Å². The maximum absolute atomic E-state index is 9.75. The second-order valence-electron chi connectivity index (χ2n) is 8.35. The summed E-state index contributed by atoms with van der Waals surface area (Å²) in [6.45, 7) is 22.7. The number of hydrogen-bond acceptors (Lipinski definition) is 5. The van der Waals surface area contributed by atoms with Crippen LogP contribution in [-0.4, -0.2) is 10.2 Å². The van der Waals surface area contributed by atoms with Gasteiger partial charge in [0.25, 0.3) is 0 Å². The van der Waals surface area contributed by atoms with Gasteiger partial charge in [-0.05, 0) is 35.1 Å². The van der Waals surface area contributed by atoms with Gasteiger partial charge < -0.3 is 49.4 Å². The van der Waals surface area contributed by atoms with Gasteiger partial charge in [-0.1, -0.05) is 76.9 Å². The molecular weight excluding hydrogens is 445 g/mol. The summed E-state index contributed by atoms with van der Waals surface area (Å²) in [6.07, 6.45) is 0. The van der Waals surface area contributed by atoms with Crippen LogP contribution >= 0.6 is 0 Å². The third kappa shape index (κ3) is 10.8. The first-order valence-corrected chi connectivity index (χ1v) is 10.1. The fourth-order valence-electron chi connectivity index (χ4n) is 4.04. The van der Waals surface area contributed by atoms with Gasteiger partial charge in [-0.25, -0.2) is 0 Å². The maximum atomic E-state index is 9.75. The van der Waals surface area contributed by atoms with E-state index in [1.165, 1.54) is 0 Å². The van der Waals surface area contributed by atoms with E-state index < -0.39 is 0 Å². The predicted octanol–water partition coefficient (Wildman–Crippen LogP) is 7.50. The van der Waals surface area contributed by atoms with E-state index in [9.17, 15) is 10.2 Å². The molecule has 0 heterocycles. The number of phenols is 2. The third-order valence-electron chi connectivity index (χ3n) is 5.15. The van der Waals surface area contributed by atoms with Crippen LogP contribution in [-0.2, 0) is 16.8 Å². The van der Waals surface area contributed by atoms with Gasteiger partial charge in [0.2, 0.25) is 0 Å². The summed E-state index contributed by atoms with van der Waals surface area (Å²) in [5.41, 5.74) is 1.97. The third-order valence-corrected chi connectivity index (χ3v) is 5.15. The molecule has 32 heavy (non-hydrogen) atoms. The smallest absolute Gasteiger partial charge is 0.508 e. The number of rotatable bonds is 6. The van der Waals surface area contributed by atoms with E-state index in [1.54, 1.807) is 12.1 Å². The molecule has 0 aliphatic heterocycles. The summed E-state index contributed by atoms with van der Waals surface area (Å²) >= 11 is 0. The summed E-state index contributed by atoms with van der Waals surface area (Å²) in [5.74, 6) is 2.59. The van der Waals surface area contributed by atoms with E-state index in [0.29, 0.717) is 29.3 Å². The fourth-order valence-corrected chi connectivity index (χ4v) is 4.04. The molecule has 5 nitrogen and oxygen atoms in total. The second kappa shape index (κ2) is 17.9. The minimum absolute atomic E-state index is 0. The minimum Gasteiger partial charge on any atom is -0.508 e. The first kappa shape index (κ1) is 37.7. The molecule has 11 N–H and O–H groups in total. The Morgan fingerprint density at radius 2 is 0.844 bits per heavy atom. The molecule has 186 valence electrons. The first-order valence-electron chi connectivity index (χ1n) is 10.1. The molecular formula is C26H46CoN3O2. The van der Waals surface area contributed by atoms with Crippen LogP contribution in [0.4, 0.5) is 0 Å². The van der Waals surface area contributed by atoms with Gasteiger partial charge in [-0.15, -0.1) is 0 Å². The molecule has 4 unspecified atom stereocenters. The fraction of sp³-hybridized carbons (Fsp3) is 0.423. The van der Waals surface area contributed by atoms with Crippen molar-refractivity contribution in [2.75, 3.05) is 0 Å². The number of phenolic OH excluding ortho intramolecular Hbond substituents is 2. The molecule has 2 aromatic rings. The van der Waals surface area contributed by atoms with E-state index in [4.69, 9.17) is 0 Å². The Balaban J connectivity index is -0.000000218. The van der Waals surface area contributed by atoms with Crippen molar-refractivity contribution < 1.29 is 27.0 Å². The van der Waals surface area contributed by atoms with Gasteiger partial charge >= 0.3 is 16.8 Å². The molecule has 0 spiro atoms. The van der Waals surface area contributed by atoms with Crippen molar-refractivity contribution in [1.82, 2.24) is 18.5 Å². The van der Waals surface area contributed by atoms with Crippen LogP contribution in [0.3, 0.4) is 0 Å². The molecule has 0 radical (unpaired) electrons. The van der Waals surface area contributed by atoms with E-state index in [1.807, 2.05) is 36.4 Å². The van der Waals surface area contributed by atoms with Gasteiger partial charge in [0.05, 0.1) is 0 Å². The summed E-state index contributed by atoms with van der Waals surface area (Å²) in [5, 5.41) is 19.5. The summed E-state index contributed by atoms with van der Waals surface area (Å²) in [7, 11) is 0. The zero-order valence-corrected chi connectivity index (χ0v) is 21.6. The van der Waals surface area contributed by atoms with Crippen LogP contribution in [0.1, 0.15) is 57.6 Å². The Kier molecular flexibility index (Phi) is 21.1. The van der Waals surface area contributed by atoms with Crippen LogP contribution in [0.15, 0.2) is 48.5 Å². The van der Waals surface area contributed by atoms with E-state index in [0.717, 1.165) is 11.1 Å². The average molecular weight is 492 g/mol. The monoisotopic (exact) mass is 491 g/mol. The minimum atomic E-state index is 0. The van der Waals surface area contributed by atoms with Crippen molar-refractivity contribution in [1.29, 1.82) is 0 Å². The Morgan fingerprint density at radius 1 is 0.562 bits per heavy atom. The van der Waals surface area contributed by atoms with Crippen molar-refractivity contribution in [3.8, 4) is 11.5 Å². The average Bonchev–Trinajstić information content (AvgIpc) is 2.58. The molecule has 0 amide bonds. The van der Waals surface area contributed by atoms with Crippen LogP contribution < -0.4 is 18.5 Å². The van der Waals surface area contributed by atoms with Crippen molar-refractivity contribution in [2.24, 2.45) is 23.7 Å². The van der Waals surface area contributed by atoms with Crippen molar-refractivity contribution in [3.05, 3.63) is 80.4 Å². The van der Waals surface area contributed by atoms with Crippen LogP contribution in [0.5, 0.6) is 11.5 Å². The summed E-state index contributed by atoms with van der Waals surface area (Å²) < 4.78 is 0. The zero-order valence-electron chi connectivity index (χ0n) is 20.6. The van der Waals surface area contributed by atoms with Gasteiger partial charge in [0.1, 0.15) is 11.5 Å². The Morgan fingerprint density at radius 3 is 1.09 bits per heavy atom. The van der Waals surface area contributed by atoms with Gasteiger partial charge in [0.15, 0.2) is 0 Å². The SMILES string of the molecule is N.N.N.[CH2-]C(C)C(c1ccccc1O)C(C)C.[CH2-]C(C)C(c1ccccc1O)C([CH2-])C.[Co+3]. The van der Waals surface area contributed by atoms with Crippen LogP contribution in [0, 0.1) is 44.4 Å². The van der Waals surface area contributed by atoms with E-state index in [-0.39, 0.29) is 53.0 Å². The number of hydrogen-bond donors (Lipinski definition) is 5. The Hall–Kier alpha value is -1.57. The largest absolute Gasteiger partial charge is 3.00 e. The van der Waals surface area contributed by atoms with Gasteiger partial charge in [-0.2, -0.15) is 17.8 Å². The molecule has 0 saturated carbocycles. The normalized spacial score (nSPS) is 14.4. The molecule has 2 aromatic carbocycles. The Labute approximate surface area is 207 Å². The molecule has 2 rings (SSSR count). The molecule has 0 aliphatic carbocycles. The van der Waals surface area contributed by atoms with E-state index in [2.05, 4.69) is 55.4 Å². The second-order valence-corrected chi connectivity index (χ2v) is 8.35. The maximum Gasteiger partial charge on any atom is 3.00 e. The van der Waals surface area contributed by atoms with Gasteiger partial charge in [-0.3, -0.25) is 0 Å². The first-order chi connectivity index (χ1) is 13.1. The number of aromatic hydroxyl groups is 2. The van der Waals surface area contributed by atoms with Crippen molar-refractivity contribution in [2.45, 2.75) is 46.5 Å². The number of benzene rings is 2. The molecule has 0 saturated heterocycles. The predicted molar refractivity (Wildman–Crippen MR) is 135 cm³/mol. The van der Waals surface area contributed by atoms with Crippen molar-refractivity contribution in [3.63, 3.8) is 0 Å². The standard InChI is InChI=1S/C13H19O.C13H18O.Co.3H3N/c2*1-9(2)13(10(3)4)11-7-5-6-8-12(11)14;;;;/h5-10,13-14H,1H2,2-4H3;5-10,13-14H,1,3H2,2,4H3;;3*1H3/q-1;-2;+3;;;. The quantitative estimate of drug-likeness (QED) is 0.266. The molecule has 0 aromatic heterocycles. The van der Waals surface area contributed by atoms with Gasteiger partial charge in [0, 0.05) is 0 Å². The number of para-hydroxylation sites is 2. The molecule has 6 heteroatoms. The zero-order chi connectivity index (χ0) is 21.4. The van der Waals surface area contributed by atoms with Crippen LogP contribution in [0.25, 0.3) is 0 Å². The molecule has 4 atom stereocenters. The molecule has 0 fully saturated rings. The molecule has 0 bridgehead atoms. The Bertz CT molecular complexity index is 644. The summed E-state index contributed by atoms with van der Waals surface area (Å²) in [4.78, 5) is 0. The van der Waals surface area contributed by atoms with Crippen molar-refractivity contribution >= 4 is 0 Å².